The van der Waals surface area contributed by atoms with Crippen molar-refractivity contribution in [3.8, 4) is 11.5 Å². The van der Waals surface area contributed by atoms with E-state index in [-0.39, 0.29) is 11.7 Å². The molecule has 2 rings (SSSR count). The van der Waals surface area contributed by atoms with Crippen molar-refractivity contribution in [2.45, 2.75) is 20.3 Å². The van der Waals surface area contributed by atoms with Crippen molar-refractivity contribution in [2.24, 2.45) is 5.10 Å². The van der Waals surface area contributed by atoms with Crippen molar-refractivity contribution in [2.75, 3.05) is 6.61 Å². The number of hydrazone groups is 1. The summed E-state index contributed by atoms with van der Waals surface area (Å²) in [6.07, 6.45) is 0.869. The quantitative estimate of drug-likeness (QED) is 0.635. The van der Waals surface area contributed by atoms with Crippen molar-refractivity contribution < 1.29 is 14.6 Å². The predicted molar refractivity (Wildman–Crippen MR) is 90.0 cm³/mol. The Morgan fingerprint density at radius 2 is 1.87 bits per heavy atom. The van der Waals surface area contributed by atoms with Crippen LogP contribution in [0.4, 0.5) is 0 Å². The molecule has 0 aliphatic carbocycles. The molecule has 0 spiro atoms. The summed E-state index contributed by atoms with van der Waals surface area (Å²) in [4.78, 5) is 12.3. The van der Waals surface area contributed by atoms with Gasteiger partial charge < -0.3 is 9.84 Å². The highest BCUT2D eigenvalue weighted by Gasteiger charge is 2.11. The third-order valence-corrected chi connectivity index (χ3v) is 3.20. The molecule has 0 saturated carbocycles. The molecule has 5 heteroatoms. The van der Waals surface area contributed by atoms with Crippen molar-refractivity contribution in [1.82, 2.24) is 5.43 Å². The molecule has 0 fully saturated rings. The fourth-order valence-electron chi connectivity index (χ4n) is 1.95. The number of nitrogens with one attached hydrogen (secondary N) is 1. The summed E-state index contributed by atoms with van der Waals surface area (Å²) in [6, 6.07) is 13.7. The summed E-state index contributed by atoms with van der Waals surface area (Å²) < 4.78 is 5.57. The van der Waals surface area contributed by atoms with E-state index in [1.54, 1.807) is 49.4 Å². The highest BCUT2D eigenvalue weighted by atomic mass is 16.5. The zero-order valence-corrected chi connectivity index (χ0v) is 13.2. The van der Waals surface area contributed by atoms with Crippen LogP contribution in [-0.4, -0.2) is 23.3 Å². The Hall–Kier alpha value is -2.82. The predicted octanol–water partition coefficient (Wildman–Crippen LogP) is 3.34. The lowest BCUT2D eigenvalue weighted by molar-refractivity contribution is 0.0950. The van der Waals surface area contributed by atoms with Crippen molar-refractivity contribution in [3.63, 3.8) is 0 Å². The van der Waals surface area contributed by atoms with E-state index >= 15 is 0 Å². The summed E-state index contributed by atoms with van der Waals surface area (Å²) in [5.41, 5.74) is 4.44. The Balaban J connectivity index is 2.10. The first-order chi connectivity index (χ1) is 11.1. The van der Waals surface area contributed by atoms with Crippen LogP contribution in [0.25, 0.3) is 0 Å². The molecule has 1 amide bonds. The van der Waals surface area contributed by atoms with Crippen LogP contribution in [0.1, 0.15) is 36.2 Å². The smallest absolute Gasteiger partial charge is 0.275 e. The summed E-state index contributed by atoms with van der Waals surface area (Å²) in [5.74, 6) is 0.409. The van der Waals surface area contributed by atoms with Gasteiger partial charge in [0.25, 0.3) is 5.91 Å². The number of carbonyl (C=O) groups excluding carboxylic acids is 1. The van der Waals surface area contributed by atoms with Gasteiger partial charge in [0.15, 0.2) is 0 Å². The minimum absolute atomic E-state index is 0.188. The fourth-order valence-corrected chi connectivity index (χ4v) is 1.95. The number of rotatable bonds is 6. The maximum Gasteiger partial charge on any atom is 0.275 e. The third-order valence-electron chi connectivity index (χ3n) is 3.20. The lowest BCUT2D eigenvalue weighted by Crippen LogP contribution is -2.20. The second-order valence-electron chi connectivity index (χ2n) is 5.03. The molecule has 0 atom stereocenters. The molecule has 0 aliphatic heterocycles. The van der Waals surface area contributed by atoms with E-state index in [1.165, 1.54) is 0 Å². The van der Waals surface area contributed by atoms with Gasteiger partial charge >= 0.3 is 0 Å². The van der Waals surface area contributed by atoms with Crippen LogP contribution in [0.3, 0.4) is 0 Å². The molecule has 23 heavy (non-hydrogen) atoms. The molecule has 0 aromatic heterocycles. The molecule has 2 aromatic rings. The van der Waals surface area contributed by atoms with E-state index in [9.17, 15) is 9.90 Å². The van der Waals surface area contributed by atoms with Gasteiger partial charge in [-0.05, 0) is 55.3 Å². The maximum absolute atomic E-state index is 12.3. The highest BCUT2D eigenvalue weighted by Crippen LogP contribution is 2.18. The Morgan fingerprint density at radius 1 is 1.17 bits per heavy atom. The molecular weight excluding hydrogens is 292 g/mol. The molecule has 5 nitrogen and oxygen atoms in total. The standard InChI is InChI=1S/C18H20N2O3/c1-3-12-23-17-7-5-4-6-16(17)18(22)20-19-13(2)14-8-10-15(21)11-9-14/h4-11,21H,3,12H2,1-2H3,(H,20,22)/b19-13+. The lowest BCUT2D eigenvalue weighted by Gasteiger charge is -2.09. The Bertz CT molecular complexity index is 694. The van der Waals surface area contributed by atoms with Gasteiger partial charge in [0, 0.05) is 0 Å². The zero-order valence-electron chi connectivity index (χ0n) is 13.2. The first-order valence-corrected chi connectivity index (χ1v) is 7.47. The number of aromatic hydroxyl groups is 1. The second-order valence-corrected chi connectivity index (χ2v) is 5.03. The van der Waals surface area contributed by atoms with Crippen LogP contribution >= 0.6 is 0 Å². The molecule has 0 unspecified atom stereocenters. The van der Waals surface area contributed by atoms with Gasteiger partial charge in [-0.15, -0.1) is 0 Å². The first-order valence-electron chi connectivity index (χ1n) is 7.47. The van der Waals surface area contributed by atoms with Gasteiger partial charge in [0.1, 0.15) is 11.5 Å². The minimum atomic E-state index is -0.324. The van der Waals surface area contributed by atoms with Gasteiger partial charge in [-0.1, -0.05) is 19.1 Å². The largest absolute Gasteiger partial charge is 0.508 e. The number of hydrogen-bond acceptors (Lipinski definition) is 4. The monoisotopic (exact) mass is 312 g/mol. The van der Waals surface area contributed by atoms with Gasteiger partial charge in [0.05, 0.1) is 17.9 Å². The number of ether oxygens (including phenoxy) is 1. The van der Waals surface area contributed by atoms with Crippen LogP contribution in [0.5, 0.6) is 11.5 Å². The molecule has 120 valence electrons. The minimum Gasteiger partial charge on any atom is -0.508 e. The average Bonchev–Trinajstić information content (AvgIpc) is 2.58. The second kappa shape index (κ2) is 7.98. The number of carbonyl (C=O) groups is 1. The first kappa shape index (κ1) is 16.5. The molecule has 0 saturated heterocycles. The van der Waals surface area contributed by atoms with Crippen molar-refractivity contribution in [1.29, 1.82) is 0 Å². The lowest BCUT2D eigenvalue weighted by atomic mass is 10.1. The summed E-state index contributed by atoms with van der Waals surface area (Å²) >= 11 is 0. The molecule has 0 bridgehead atoms. The van der Waals surface area contributed by atoms with Gasteiger partial charge in [-0.3, -0.25) is 4.79 Å². The fraction of sp³-hybridized carbons (Fsp3) is 0.222. The SMILES string of the molecule is CCCOc1ccccc1C(=O)N/N=C(\C)c1ccc(O)cc1. The molecule has 0 radical (unpaired) electrons. The molecule has 2 N–H and O–H groups in total. The number of benzene rings is 2. The Kier molecular flexibility index (Phi) is 5.74. The number of hydrogen-bond donors (Lipinski definition) is 2. The van der Waals surface area contributed by atoms with Crippen molar-refractivity contribution >= 4 is 11.6 Å². The van der Waals surface area contributed by atoms with Gasteiger partial charge in [-0.25, -0.2) is 5.43 Å². The van der Waals surface area contributed by atoms with E-state index in [2.05, 4.69) is 10.5 Å². The van der Waals surface area contributed by atoms with E-state index in [0.29, 0.717) is 23.6 Å². The molecule has 0 heterocycles. The number of phenolic OH excluding ortho intramolecular Hbond substituents is 1. The van der Waals surface area contributed by atoms with Crippen molar-refractivity contribution in [3.05, 3.63) is 59.7 Å². The molecular formula is C18H20N2O3. The molecule has 0 aliphatic rings. The number of amides is 1. The molecule has 2 aromatic carbocycles. The zero-order chi connectivity index (χ0) is 16.7. The van der Waals surface area contributed by atoms with E-state index in [0.717, 1.165) is 12.0 Å². The Labute approximate surface area is 135 Å². The van der Waals surface area contributed by atoms with E-state index < -0.39 is 0 Å². The summed E-state index contributed by atoms with van der Waals surface area (Å²) in [7, 11) is 0. The van der Waals surface area contributed by atoms with Crippen LogP contribution in [0.2, 0.25) is 0 Å². The van der Waals surface area contributed by atoms with E-state index in [4.69, 9.17) is 4.74 Å². The van der Waals surface area contributed by atoms with Crippen LogP contribution in [0, 0.1) is 0 Å². The highest BCUT2D eigenvalue weighted by molar-refractivity contribution is 6.01. The van der Waals surface area contributed by atoms with Crippen LogP contribution in [0.15, 0.2) is 53.6 Å². The van der Waals surface area contributed by atoms with Gasteiger partial charge in [0.2, 0.25) is 0 Å². The summed E-state index contributed by atoms with van der Waals surface area (Å²) in [6.45, 7) is 4.35. The van der Waals surface area contributed by atoms with Gasteiger partial charge in [-0.2, -0.15) is 5.10 Å². The number of phenols is 1. The van der Waals surface area contributed by atoms with Crippen LogP contribution in [-0.2, 0) is 0 Å². The Morgan fingerprint density at radius 3 is 2.57 bits per heavy atom. The van der Waals surface area contributed by atoms with Crippen LogP contribution < -0.4 is 10.2 Å². The van der Waals surface area contributed by atoms with E-state index in [1.807, 2.05) is 13.0 Å². The summed E-state index contributed by atoms with van der Waals surface area (Å²) in [5, 5.41) is 13.4. The third kappa shape index (κ3) is 4.57. The number of nitrogens with zero attached hydrogens (tertiary/aromatic N) is 1. The number of para-hydroxylation sites is 1. The topological polar surface area (TPSA) is 70.9 Å². The maximum atomic E-state index is 12.3. The average molecular weight is 312 g/mol. The normalized spacial score (nSPS) is 11.1.